The molecule has 7 heteroatoms. The summed E-state index contributed by atoms with van der Waals surface area (Å²) in [5, 5.41) is 6.90. The van der Waals surface area contributed by atoms with Gasteiger partial charge in [0.2, 0.25) is 6.79 Å². The molecule has 0 aromatic heterocycles. The molecule has 1 atom stereocenters. The maximum atomic E-state index is 5.45. The van der Waals surface area contributed by atoms with E-state index in [1.54, 1.807) is 0 Å². The largest absolute Gasteiger partial charge is 0.454 e. The lowest BCUT2D eigenvalue weighted by molar-refractivity contribution is 0.174. The highest BCUT2D eigenvalue weighted by molar-refractivity contribution is 14.0. The summed E-state index contributed by atoms with van der Waals surface area (Å²) in [6.45, 7) is 11.8. The fourth-order valence-electron chi connectivity index (χ4n) is 3.61. The van der Waals surface area contributed by atoms with Crippen LogP contribution in [0.25, 0.3) is 0 Å². The van der Waals surface area contributed by atoms with Gasteiger partial charge in [-0.1, -0.05) is 19.9 Å². The minimum absolute atomic E-state index is 0. The van der Waals surface area contributed by atoms with Crippen LogP contribution in [-0.2, 0) is 6.54 Å². The number of hydrogen-bond donors (Lipinski definition) is 2. The van der Waals surface area contributed by atoms with E-state index in [-0.39, 0.29) is 24.0 Å². The van der Waals surface area contributed by atoms with Gasteiger partial charge < -0.3 is 20.1 Å². The monoisotopic (exact) mass is 488 g/mol. The Hall–Kier alpha value is -1.22. The van der Waals surface area contributed by atoms with E-state index in [2.05, 4.69) is 36.3 Å². The molecule has 2 heterocycles. The van der Waals surface area contributed by atoms with E-state index in [0.717, 1.165) is 36.1 Å². The van der Waals surface area contributed by atoms with E-state index in [1.807, 2.05) is 18.2 Å². The van der Waals surface area contributed by atoms with Crippen molar-refractivity contribution in [1.29, 1.82) is 0 Å². The highest BCUT2D eigenvalue weighted by Gasteiger charge is 2.24. The molecule has 1 aromatic rings. The van der Waals surface area contributed by atoms with Gasteiger partial charge in [-0.25, -0.2) is 4.99 Å². The highest BCUT2D eigenvalue weighted by atomic mass is 127. The molecule has 1 fully saturated rings. The normalized spacial score (nSPS) is 17.7. The van der Waals surface area contributed by atoms with Crippen LogP contribution in [0.2, 0.25) is 0 Å². The Kier molecular flexibility index (Phi) is 8.95. The summed E-state index contributed by atoms with van der Waals surface area (Å²) in [4.78, 5) is 7.36. The van der Waals surface area contributed by atoms with E-state index in [0.29, 0.717) is 25.3 Å². The zero-order valence-electron chi connectivity index (χ0n) is 16.7. The van der Waals surface area contributed by atoms with Crippen LogP contribution >= 0.6 is 24.0 Å². The van der Waals surface area contributed by atoms with Crippen molar-refractivity contribution in [3.63, 3.8) is 0 Å². The average molecular weight is 488 g/mol. The second kappa shape index (κ2) is 10.9. The Balaban J connectivity index is 0.00000261. The van der Waals surface area contributed by atoms with Crippen LogP contribution in [0.15, 0.2) is 23.2 Å². The molecule has 2 aliphatic rings. The molecule has 1 saturated heterocycles. The molecule has 0 bridgehead atoms. The van der Waals surface area contributed by atoms with Gasteiger partial charge in [0.25, 0.3) is 0 Å². The summed E-state index contributed by atoms with van der Waals surface area (Å²) in [7, 11) is 0. The van der Waals surface area contributed by atoms with Crippen LogP contribution in [0.1, 0.15) is 39.2 Å². The zero-order valence-corrected chi connectivity index (χ0v) is 19.0. The molecule has 2 aliphatic heterocycles. The molecule has 2 N–H and O–H groups in total. The number of fused-ring (bicyclic) bond motifs is 1. The number of nitrogens with one attached hydrogen (secondary N) is 2. The van der Waals surface area contributed by atoms with Gasteiger partial charge in [0.1, 0.15) is 0 Å². The molecular weight excluding hydrogens is 455 g/mol. The first-order chi connectivity index (χ1) is 12.7. The van der Waals surface area contributed by atoms with Gasteiger partial charge in [0.15, 0.2) is 17.5 Å². The summed E-state index contributed by atoms with van der Waals surface area (Å²) in [5.41, 5.74) is 1.12. The number of guanidine groups is 1. The van der Waals surface area contributed by atoms with Crippen LogP contribution in [0, 0.1) is 5.92 Å². The SMILES string of the molecule is CCNC(=NCc1ccc2c(c1)OCO2)NCC(C(C)C)N1CCCC1.I. The molecule has 0 aliphatic carbocycles. The Morgan fingerprint density at radius 2 is 1.89 bits per heavy atom. The second-order valence-corrected chi connectivity index (χ2v) is 7.32. The molecule has 0 spiro atoms. The number of ether oxygens (including phenoxy) is 2. The number of nitrogens with zero attached hydrogens (tertiary/aromatic N) is 2. The second-order valence-electron chi connectivity index (χ2n) is 7.32. The quantitative estimate of drug-likeness (QED) is 0.351. The van der Waals surface area contributed by atoms with E-state index in [4.69, 9.17) is 14.5 Å². The maximum Gasteiger partial charge on any atom is 0.231 e. The Labute approximate surface area is 180 Å². The first-order valence-electron chi connectivity index (χ1n) is 9.82. The van der Waals surface area contributed by atoms with Crippen LogP contribution < -0.4 is 20.1 Å². The fourth-order valence-corrected chi connectivity index (χ4v) is 3.61. The predicted molar refractivity (Wildman–Crippen MR) is 120 cm³/mol. The van der Waals surface area contributed by atoms with Crippen molar-refractivity contribution in [3.05, 3.63) is 23.8 Å². The lowest BCUT2D eigenvalue weighted by Crippen LogP contribution is -2.48. The van der Waals surface area contributed by atoms with Crippen molar-refractivity contribution in [1.82, 2.24) is 15.5 Å². The number of halogens is 1. The number of rotatable bonds is 7. The van der Waals surface area contributed by atoms with Crippen molar-refractivity contribution in [3.8, 4) is 11.5 Å². The highest BCUT2D eigenvalue weighted by Crippen LogP contribution is 2.32. The first kappa shape index (κ1) is 22.1. The molecular formula is C20H33IN4O2. The third-order valence-electron chi connectivity index (χ3n) is 5.06. The molecule has 0 saturated carbocycles. The molecule has 27 heavy (non-hydrogen) atoms. The average Bonchev–Trinajstić information content (AvgIpc) is 3.30. The lowest BCUT2D eigenvalue weighted by atomic mass is 10.0. The molecule has 1 aromatic carbocycles. The molecule has 1 unspecified atom stereocenters. The van der Waals surface area contributed by atoms with Crippen molar-refractivity contribution in [2.75, 3.05) is 33.0 Å². The van der Waals surface area contributed by atoms with E-state index >= 15 is 0 Å². The summed E-state index contributed by atoms with van der Waals surface area (Å²) in [6.07, 6.45) is 2.64. The Bertz CT molecular complexity index is 618. The van der Waals surface area contributed by atoms with Crippen molar-refractivity contribution in [2.24, 2.45) is 10.9 Å². The van der Waals surface area contributed by atoms with Gasteiger partial charge >= 0.3 is 0 Å². The van der Waals surface area contributed by atoms with Gasteiger partial charge in [-0.2, -0.15) is 0 Å². The topological polar surface area (TPSA) is 58.1 Å². The maximum absolute atomic E-state index is 5.45. The van der Waals surface area contributed by atoms with Gasteiger partial charge in [-0.05, 0) is 56.5 Å². The minimum atomic E-state index is 0. The Morgan fingerprint density at radius 1 is 1.15 bits per heavy atom. The molecule has 0 amide bonds. The zero-order chi connectivity index (χ0) is 18.4. The Morgan fingerprint density at radius 3 is 2.59 bits per heavy atom. The fraction of sp³-hybridized carbons (Fsp3) is 0.650. The van der Waals surface area contributed by atoms with E-state index in [9.17, 15) is 0 Å². The number of hydrogen-bond acceptors (Lipinski definition) is 4. The third-order valence-corrected chi connectivity index (χ3v) is 5.06. The van der Waals surface area contributed by atoms with Crippen LogP contribution in [0.3, 0.4) is 0 Å². The number of benzene rings is 1. The lowest BCUT2D eigenvalue weighted by Gasteiger charge is -2.31. The summed E-state index contributed by atoms with van der Waals surface area (Å²) < 4.78 is 10.8. The van der Waals surface area contributed by atoms with Crippen LogP contribution in [0.5, 0.6) is 11.5 Å². The summed E-state index contributed by atoms with van der Waals surface area (Å²) >= 11 is 0. The van der Waals surface area contributed by atoms with Crippen LogP contribution in [0.4, 0.5) is 0 Å². The number of aliphatic imine (C=N–C) groups is 1. The molecule has 0 radical (unpaired) electrons. The van der Waals surface area contributed by atoms with Gasteiger partial charge in [-0.3, -0.25) is 4.90 Å². The van der Waals surface area contributed by atoms with Gasteiger partial charge in [-0.15, -0.1) is 24.0 Å². The number of likely N-dealkylation sites (tertiary alicyclic amines) is 1. The van der Waals surface area contributed by atoms with Crippen molar-refractivity contribution < 1.29 is 9.47 Å². The molecule has 6 nitrogen and oxygen atoms in total. The minimum Gasteiger partial charge on any atom is -0.454 e. The predicted octanol–water partition coefficient (Wildman–Crippen LogP) is 3.21. The van der Waals surface area contributed by atoms with E-state index < -0.39 is 0 Å². The van der Waals surface area contributed by atoms with Gasteiger partial charge in [0, 0.05) is 19.1 Å². The van der Waals surface area contributed by atoms with Crippen LogP contribution in [-0.4, -0.2) is 49.9 Å². The van der Waals surface area contributed by atoms with Gasteiger partial charge in [0.05, 0.1) is 6.54 Å². The summed E-state index contributed by atoms with van der Waals surface area (Å²) in [5.74, 6) is 3.12. The third kappa shape index (κ3) is 6.14. The first-order valence-corrected chi connectivity index (χ1v) is 9.82. The summed E-state index contributed by atoms with van der Waals surface area (Å²) in [6, 6.07) is 6.56. The molecule has 3 rings (SSSR count). The molecule has 152 valence electrons. The van der Waals surface area contributed by atoms with E-state index in [1.165, 1.54) is 25.9 Å². The van der Waals surface area contributed by atoms with Crippen molar-refractivity contribution >= 4 is 29.9 Å². The van der Waals surface area contributed by atoms with Crippen molar-refractivity contribution in [2.45, 2.75) is 46.2 Å². The smallest absolute Gasteiger partial charge is 0.231 e. The standard InChI is InChI=1S/C20H32N4O2.HI/c1-4-21-20(23-13-17(15(2)3)24-9-5-6-10-24)22-12-16-7-8-18-19(11-16)26-14-25-18;/h7-8,11,15,17H,4-6,9-10,12-14H2,1-3H3,(H2,21,22,23);1H.